The molecule has 1 aliphatic carbocycles. The van der Waals surface area contributed by atoms with Crippen LogP contribution in [0, 0.1) is 0 Å². The molecule has 0 radical (unpaired) electrons. The number of hydrogen-bond acceptors (Lipinski definition) is 6. The molecule has 0 amide bonds. The van der Waals surface area contributed by atoms with Crippen LogP contribution < -0.4 is 4.74 Å². The average Bonchev–Trinajstić information content (AvgIpc) is 2.55. The number of benzene rings is 1. The van der Waals surface area contributed by atoms with Gasteiger partial charge in [-0.3, -0.25) is 4.79 Å². The summed E-state index contributed by atoms with van der Waals surface area (Å²) in [6.07, 6.45) is -6.01. The lowest BCUT2D eigenvalue weighted by Crippen LogP contribution is -2.58. The van der Waals surface area contributed by atoms with Crippen LogP contribution >= 0.6 is 0 Å². The maximum Gasteiger partial charge on any atom is 0.234 e. The lowest BCUT2D eigenvalue weighted by atomic mass is 9.91. The summed E-state index contributed by atoms with van der Waals surface area (Å²) in [5.74, 6) is 0.262. The zero-order valence-electron chi connectivity index (χ0n) is 13.1. The molecule has 0 saturated carbocycles. The number of carbonyl (C=O) groups excluding carboxylic acids is 1. The first-order valence-electron chi connectivity index (χ1n) is 7.68. The van der Waals surface area contributed by atoms with E-state index in [2.05, 4.69) is 0 Å². The van der Waals surface area contributed by atoms with Crippen molar-refractivity contribution in [1.29, 1.82) is 0 Å². The van der Waals surface area contributed by atoms with Crippen LogP contribution in [-0.2, 0) is 16.0 Å². The van der Waals surface area contributed by atoms with Crippen molar-refractivity contribution in [3.63, 3.8) is 0 Å². The fourth-order valence-corrected chi connectivity index (χ4v) is 3.01. The molecule has 1 heterocycles. The molecular formula is C17H19FO6. The topological polar surface area (TPSA) is 96.2 Å². The number of carbonyl (C=O) groups is 1. The Labute approximate surface area is 138 Å². The molecule has 1 aliphatic heterocycles. The highest BCUT2D eigenvalue weighted by Gasteiger charge is 2.46. The van der Waals surface area contributed by atoms with Crippen molar-refractivity contribution in [3.05, 3.63) is 35.4 Å². The number of rotatable bonds is 3. The number of hydrogen-bond donors (Lipinski definition) is 3. The Morgan fingerprint density at radius 3 is 2.79 bits per heavy atom. The second kappa shape index (κ2) is 6.60. The predicted octanol–water partition coefficient (Wildman–Crippen LogP) is 0.371. The van der Waals surface area contributed by atoms with E-state index >= 15 is 0 Å². The van der Waals surface area contributed by atoms with Crippen molar-refractivity contribution in [2.24, 2.45) is 0 Å². The van der Waals surface area contributed by atoms with E-state index in [0.29, 0.717) is 0 Å². The van der Waals surface area contributed by atoms with Crippen LogP contribution in [0.15, 0.2) is 24.3 Å². The highest BCUT2D eigenvalue weighted by atomic mass is 19.1. The Morgan fingerprint density at radius 1 is 1.33 bits per heavy atom. The zero-order valence-corrected chi connectivity index (χ0v) is 13.1. The summed E-state index contributed by atoms with van der Waals surface area (Å²) >= 11 is 0. The normalized spacial score (nSPS) is 33.0. The van der Waals surface area contributed by atoms with E-state index in [-0.39, 0.29) is 18.0 Å². The van der Waals surface area contributed by atoms with E-state index in [1.54, 1.807) is 24.3 Å². The number of allylic oxidation sites excluding steroid dienone is 2. The second-order valence-electron chi connectivity index (χ2n) is 6.06. The quantitative estimate of drug-likeness (QED) is 0.737. The van der Waals surface area contributed by atoms with E-state index in [4.69, 9.17) is 14.6 Å². The first-order chi connectivity index (χ1) is 11.4. The van der Waals surface area contributed by atoms with Gasteiger partial charge in [0.15, 0.2) is 12.0 Å². The molecule has 1 fully saturated rings. The lowest BCUT2D eigenvalue weighted by molar-refractivity contribution is -0.261. The van der Waals surface area contributed by atoms with Gasteiger partial charge in [-0.1, -0.05) is 6.07 Å². The van der Waals surface area contributed by atoms with E-state index in [9.17, 15) is 19.4 Å². The highest BCUT2D eigenvalue weighted by molar-refractivity contribution is 6.01. The third-order valence-corrected chi connectivity index (χ3v) is 4.30. The number of halogens is 1. The van der Waals surface area contributed by atoms with E-state index < -0.39 is 37.4 Å². The number of aliphatic hydroxyl groups is 3. The molecule has 0 spiro atoms. The van der Waals surface area contributed by atoms with Crippen molar-refractivity contribution in [2.45, 2.75) is 44.1 Å². The van der Waals surface area contributed by atoms with Gasteiger partial charge in [0.05, 0.1) is 6.61 Å². The Kier molecular flexibility index (Phi) is 4.69. The fraction of sp³-hybridized carbons (Fsp3) is 0.471. The van der Waals surface area contributed by atoms with Gasteiger partial charge in [-0.25, -0.2) is 4.39 Å². The van der Waals surface area contributed by atoms with Crippen LogP contribution in [0.2, 0.25) is 0 Å². The maximum absolute atomic E-state index is 14.1. The third-order valence-electron chi connectivity index (χ3n) is 4.30. The molecule has 130 valence electrons. The number of alkyl halides is 1. The predicted molar refractivity (Wildman–Crippen MR) is 82.1 cm³/mol. The van der Waals surface area contributed by atoms with Crippen LogP contribution in [0.4, 0.5) is 4.39 Å². The summed E-state index contributed by atoms with van der Waals surface area (Å²) in [4.78, 5) is 11.7. The van der Waals surface area contributed by atoms with E-state index in [0.717, 1.165) is 16.7 Å². The molecule has 24 heavy (non-hydrogen) atoms. The van der Waals surface area contributed by atoms with Crippen LogP contribution in [-0.4, -0.2) is 58.5 Å². The van der Waals surface area contributed by atoms with Crippen LogP contribution in [0.25, 0.3) is 5.57 Å². The van der Waals surface area contributed by atoms with Gasteiger partial charge in [0.2, 0.25) is 6.29 Å². The van der Waals surface area contributed by atoms with Crippen LogP contribution in [0.3, 0.4) is 0 Å². The second-order valence-corrected chi connectivity index (χ2v) is 6.06. The van der Waals surface area contributed by atoms with Crippen molar-refractivity contribution in [2.75, 3.05) is 6.61 Å². The lowest BCUT2D eigenvalue weighted by Gasteiger charge is -2.38. The Bertz CT molecular complexity index is 671. The summed E-state index contributed by atoms with van der Waals surface area (Å²) in [5.41, 5.74) is 2.54. The van der Waals surface area contributed by atoms with Crippen LogP contribution in [0.1, 0.15) is 18.1 Å². The Hall–Kier alpha value is -1.80. The van der Waals surface area contributed by atoms with Crippen molar-refractivity contribution >= 4 is 11.4 Å². The molecule has 1 aromatic carbocycles. The number of ether oxygens (including phenoxy) is 2. The molecule has 3 N–H and O–H groups in total. The van der Waals surface area contributed by atoms with Gasteiger partial charge in [-0.15, -0.1) is 0 Å². The number of ketones is 1. The fourth-order valence-electron chi connectivity index (χ4n) is 3.01. The van der Waals surface area contributed by atoms with Crippen molar-refractivity contribution < 1.29 is 34.0 Å². The summed E-state index contributed by atoms with van der Waals surface area (Å²) in [6, 6.07) is 5.02. The molecular weight excluding hydrogens is 319 g/mol. The summed E-state index contributed by atoms with van der Waals surface area (Å²) in [5, 5.41) is 28.5. The van der Waals surface area contributed by atoms with E-state index in [1.165, 1.54) is 0 Å². The first kappa shape index (κ1) is 17.0. The molecule has 0 bridgehead atoms. The molecule has 6 nitrogen and oxygen atoms in total. The molecule has 1 saturated heterocycles. The standard InChI is InChI=1S/C17H19FO6/c1-8-4-10(20)5-9-6-11(2-3-12(8)9)23-17-14(18)16(22)15(21)13(7-19)24-17/h2-4,6,13-17,19,21-22H,5,7H2,1H3/t13-,14-,15+,16-,17?/m1/s1. The highest BCUT2D eigenvalue weighted by Crippen LogP contribution is 2.31. The zero-order chi connectivity index (χ0) is 17.4. The van der Waals surface area contributed by atoms with Crippen molar-refractivity contribution in [1.82, 2.24) is 0 Å². The average molecular weight is 338 g/mol. The molecule has 7 heteroatoms. The van der Waals surface area contributed by atoms with Gasteiger partial charge in [0.25, 0.3) is 0 Å². The minimum Gasteiger partial charge on any atom is -0.462 e. The monoisotopic (exact) mass is 338 g/mol. The Morgan fingerprint density at radius 2 is 2.08 bits per heavy atom. The first-order valence-corrected chi connectivity index (χ1v) is 7.68. The Balaban J connectivity index is 1.80. The van der Waals surface area contributed by atoms with Crippen LogP contribution in [0.5, 0.6) is 5.75 Å². The van der Waals surface area contributed by atoms with E-state index in [1.807, 2.05) is 6.92 Å². The summed E-state index contributed by atoms with van der Waals surface area (Å²) in [6.45, 7) is 1.26. The summed E-state index contributed by atoms with van der Waals surface area (Å²) < 4.78 is 24.8. The largest absolute Gasteiger partial charge is 0.462 e. The number of fused-ring (bicyclic) bond motifs is 1. The number of aliphatic hydroxyl groups excluding tert-OH is 3. The van der Waals surface area contributed by atoms with Gasteiger partial charge in [-0.2, -0.15) is 0 Å². The molecule has 1 unspecified atom stereocenters. The smallest absolute Gasteiger partial charge is 0.234 e. The summed E-state index contributed by atoms with van der Waals surface area (Å²) in [7, 11) is 0. The molecule has 0 aromatic heterocycles. The maximum atomic E-state index is 14.1. The van der Waals surface area contributed by atoms with Crippen molar-refractivity contribution in [3.8, 4) is 5.75 Å². The van der Waals surface area contributed by atoms with Gasteiger partial charge >= 0.3 is 0 Å². The minimum atomic E-state index is -1.97. The molecule has 3 rings (SSSR count). The SMILES string of the molecule is CC1=CC(=O)Cc2cc(OC3O[C@H](CO)[C@H](O)[C@H](O)[C@H]3F)ccc21. The minimum absolute atomic E-state index is 0.0201. The molecule has 1 aromatic rings. The van der Waals surface area contributed by atoms with Gasteiger partial charge in [-0.05, 0) is 41.8 Å². The molecule has 2 aliphatic rings. The van der Waals surface area contributed by atoms with Gasteiger partial charge in [0, 0.05) is 6.42 Å². The van der Waals surface area contributed by atoms with Gasteiger partial charge in [0.1, 0.15) is 24.1 Å². The molecule has 5 atom stereocenters. The van der Waals surface area contributed by atoms with Gasteiger partial charge < -0.3 is 24.8 Å². The third kappa shape index (κ3) is 3.08.